The molecule has 14 rings (SSSR count). The van der Waals surface area contributed by atoms with Gasteiger partial charge in [-0.1, -0.05) is 47.2 Å². The molecule has 606 valence electrons. The molecule has 4 bridgehead atoms. The fourth-order valence-corrected chi connectivity index (χ4v) is 20.8. The number of ether oxygens (including phenoxy) is 7. The first-order chi connectivity index (χ1) is 52.2. The van der Waals surface area contributed by atoms with Gasteiger partial charge in [-0.2, -0.15) is 9.97 Å². The Kier molecular flexibility index (Phi) is 23.0. The number of aromatic amines is 3. The molecule has 0 spiro atoms. The molecule has 0 saturated carbocycles. The smallest absolute Gasteiger partial charge is 0.351 e. The summed E-state index contributed by atoms with van der Waals surface area (Å²) < 4.78 is 123. The van der Waals surface area contributed by atoms with Crippen LogP contribution in [0, 0.1) is 20.8 Å². The van der Waals surface area contributed by atoms with Crippen LogP contribution in [0.3, 0.4) is 0 Å². The van der Waals surface area contributed by atoms with E-state index in [2.05, 4.69) is 44.9 Å². The van der Waals surface area contributed by atoms with Gasteiger partial charge in [0.05, 0.1) is 76.2 Å². The molecule has 0 radical (unpaired) electrons. The van der Waals surface area contributed by atoms with E-state index in [4.69, 9.17) is 155 Å². The zero-order valence-corrected chi connectivity index (χ0v) is 66.8. The van der Waals surface area contributed by atoms with Crippen LogP contribution in [0.5, 0.6) is 0 Å². The molecule has 7 unspecified atom stereocenters. The normalized spacial score (nSPS) is 33.2. The number of nitrogens with zero attached hydrogens (tertiary/aromatic N) is 11. The van der Waals surface area contributed by atoms with Gasteiger partial charge in [0.25, 0.3) is 16.7 Å². The van der Waals surface area contributed by atoms with Crippen molar-refractivity contribution in [3.63, 3.8) is 0 Å². The summed E-state index contributed by atoms with van der Waals surface area (Å²) in [5, 5.41) is 10.9. The number of hydrogen-bond donors (Lipinski definition) is 7. The van der Waals surface area contributed by atoms with Crippen LogP contribution in [0.15, 0.2) is 66.3 Å². The van der Waals surface area contributed by atoms with Crippen LogP contribution in [0.25, 0.3) is 22.3 Å². The van der Waals surface area contributed by atoms with Gasteiger partial charge in [0, 0.05) is 61.7 Å². The quantitative estimate of drug-likeness (QED) is 0.0177. The van der Waals surface area contributed by atoms with Crippen molar-refractivity contribution in [1.29, 1.82) is 0 Å². The zero-order valence-electron chi connectivity index (χ0n) is 58.2. The lowest BCUT2D eigenvalue weighted by molar-refractivity contribution is -0.239. The van der Waals surface area contributed by atoms with Crippen molar-refractivity contribution in [2.45, 2.75) is 169 Å². The van der Waals surface area contributed by atoms with Crippen LogP contribution in [0.4, 0.5) is 17.6 Å². The minimum absolute atomic E-state index is 0.0213. The number of aliphatic hydroxyl groups is 1. The van der Waals surface area contributed by atoms with E-state index >= 15 is 4.57 Å². The van der Waals surface area contributed by atoms with E-state index in [0.29, 0.717) is 5.56 Å². The number of aryl methyl sites for hydroxylation is 3. The van der Waals surface area contributed by atoms with Crippen molar-refractivity contribution in [2.75, 3.05) is 57.3 Å². The maximum absolute atomic E-state index is 15.1. The number of anilines is 3. The van der Waals surface area contributed by atoms with Crippen molar-refractivity contribution in [3.05, 3.63) is 117 Å². The first kappa shape index (κ1) is 82.4. The highest BCUT2D eigenvalue weighted by Crippen LogP contribution is 2.61. The van der Waals surface area contributed by atoms with Crippen LogP contribution in [-0.4, -0.2) is 197 Å². The number of nitrogens with two attached hydrogens (primary N) is 3. The molecule has 24 atom stereocenters. The van der Waals surface area contributed by atoms with Gasteiger partial charge in [0.15, 0.2) is 41.9 Å². The predicted octanol–water partition coefficient (Wildman–Crippen LogP) is -3.41. The van der Waals surface area contributed by atoms with Crippen molar-refractivity contribution in [1.82, 2.24) is 67.7 Å². The number of imidazole rings is 2. The maximum atomic E-state index is 15.1. The lowest BCUT2D eigenvalue weighted by Crippen LogP contribution is -2.51. The molecule has 10 N–H and O–H groups in total. The summed E-state index contributed by atoms with van der Waals surface area (Å²) in [7, 11) is 1.02. The van der Waals surface area contributed by atoms with Crippen LogP contribution >= 0.6 is 33.7 Å². The minimum Gasteiger partial charge on any atom is -0.780 e. The van der Waals surface area contributed by atoms with Crippen molar-refractivity contribution >= 4 is 133 Å². The summed E-state index contributed by atoms with van der Waals surface area (Å²) in [5.74, 6) is -0.402. The molecule has 14 heterocycles. The SMILES string of the molecule is COP([O-])(=S)O[C@@H]1C[C@H](n2cc(C)c(=O)[nH]c2=O)O[C@@H]1COP([O-])(=S)O[C@@H]1C[C@H](n2cc(C)c(=O)[nH]c2=O)O[C@@H]1COP([O-])(=S)O[C@@H]1C[C@H](n2cnc3c(=O)[nH]c(N)nc32)O[C@@H]1COP(=O)([S-])O[C@@H]1C2O[C@@H](C)[C@]1(COP([O-])(=S)O[C@@H]1C3O[C@@H](C)[C@]1(CO)O[C@H]3n1cc(C)c(N)nc1=O)O[C@H]2n1cnc2c(N)ncnc21. The number of nitrogens with one attached hydrogen (secondary N) is 3. The van der Waals surface area contributed by atoms with Gasteiger partial charge in [-0.15, -0.1) is 0 Å². The van der Waals surface area contributed by atoms with E-state index in [0.717, 1.165) is 33.3 Å². The van der Waals surface area contributed by atoms with Crippen LogP contribution in [0.2, 0.25) is 0 Å². The van der Waals surface area contributed by atoms with Gasteiger partial charge in [0.2, 0.25) is 5.95 Å². The number of fused-ring (bicyclic) bond motifs is 6. The van der Waals surface area contributed by atoms with E-state index in [1.807, 2.05) is 0 Å². The van der Waals surface area contributed by atoms with Gasteiger partial charge in [-0.25, -0.2) is 34.3 Å². The summed E-state index contributed by atoms with van der Waals surface area (Å²) in [5.41, 5.74) is 9.87. The third-order valence-corrected chi connectivity index (χ3v) is 27.5. The Balaban J connectivity index is 0.707. The number of H-pyrrole nitrogens is 3. The molecular formula is C55H67N17O29P5S5-5. The summed E-state index contributed by atoms with van der Waals surface area (Å²) in [6, 6.07) is 0. The van der Waals surface area contributed by atoms with E-state index < -0.39 is 222 Å². The van der Waals surface area contributed by atoms with E-state index in [1.54, 1.807) is 13.8 Å². The average Bonchev–Trinajstić information content (AvgIpc) is 1.55. The highest BCUT2D eigenvalue weighted by molar-refractivity contribution is 8.32. The van der Waals surface area contributed by atoms with E-state index in [9.17, 15) is 53.4 Å². The topological polar surface area (TPSA) is 616 Å². The Morgan fingerprint density at radius 2 is 1.05 bits per heavy atom. The highest BCUT2D eigenvalue weighted by Gasteiger charge is 2.70. The molecule has 7 aliphatic rings. The third-order valence-electron chi connectivity index (χ3n) is 19.6. The lowest BCUT2D eigenvalue weighted by Gasteiger charge is -2.41. The lowest BCUT2D eigenvalue weighted by atomic mass is 9.94. The predicted molar refractivity (Wildman–Crippen MR) is 386 cm³/mol. The van der Waals surface area contributed by atoms with Crippen LogP contribution < -0.4 is 70.5 Å². The summed E-state index contributed by atoms with van der Waals surface area (Å²) >= 11 is 27.0. The molecule has 7 aliphatic heterocycles. The maximum Gasteiger partial charge on any atom is 0.351 e. The first-order valence-corrected chi connectivity index (χ1v) is 46.0. The van der Waals surface area contributed by atoms with Gasteiger partial charge in [-0.05, 0) is 34.6 Å². The van der Waals surface area contributed by atoms with Gasteiger partial charge >= 0.3 is 17.1 Å². The molecule has 7 saturated heterocycles. The van der Waals surface area contributed by atoms with Crippen LogP contribution in [0.1, 0.15) is 80.9 Å². The number of aromatic nitrogens is 14. The molecule has 7 aromatic rings. The van der Waals surface area contributed by atoms with Crippen molar-refractivity contribution < 1.29 is 108 Å². The second kappa shape index (κ2) is 31.0. The highest BCUT2D eigenvalue weighted by atomic mass is 32.7. The molecule has 7 fully saturated rings. The summed E-state index contributed by atoms with van der Waals surface area (Å²) in [4.78, 5) is 166. The van der Waals surface area contributed by atoms with E-state index in [1.165, 1.54) is 55.0 Å². The number of hydrogen-bond acceptors (Lipinski definition) is 43. The standard InChI is InChI=1S/C55H72N17O29P5S5/c1-21-10-70(51(77)63-41(21)56)48-37-39(54(16-73,95-48)24(4)90-37)100-106(84,111)89-17-55-25(5)91-38(49(96-55)72-20-61-35-42(57)59-18-60-43(35)72)40(55)101-105(83,110)88-15-31-28(9-34(94-31)71-19-62-36-44(71)64-50(58)65-47(36)76)99-104(82,109)87-14-30-27(8-33(93-30)69-12-23(3)46(75)67-53(69)79)98-103(81,108)86-13-29-26(97-102(80,107)85-6)7-32(92-29)68-11-22(2)45(74)66-52(68)78/h10-12,18-20,24-34,37-40,48-49,73H,7-9,13-17H2,1-6H3,(H,80,107)(H,81,108)(H,82,109)(H,83,110)(H,84,111)(H2,56,63,77)(H2,57,59,60)(H,66,74,78)(H,67,75,79)(H3,58,64,65,76)/p-5/t24-,25-,26+,27+,28+,29+,30+,31+,32+,33+,34+,37?,38?,39+,40+,48+,49+,54-,55-,102?,103?,104?,105?,106?/m0/s1. The van der Waals surface area contributed by atoms with Gasteiger partial charge in [-0.3, -0.25) is 56.7 Å². The number of nitrogen functional groups attached to an aromatic ring is 3. The monoisotopic (exact) mass is 1740 g/mol. The molecule has 46 nitrogen and oxygen atoms in total. The van der Waals surface area contributed by atoms with Gasteiger partial charge in [0.1, 0.15) is 117 Å². The minimum atomic E-state index is -5.03. The van der Waals surface area contributed by atoms with Crippen LogP contribution in [-0.2, 0) is 142 Å². The summed E-state index contributed by atoms with van der Waals surface area (Å²) in [6.07, 6.45) is -16.7. The van der Waals surface area contributed by atoms with Gasteiger partial charge < -0.3 is 133 Å². The molecule has 0 aliphatic carbocycles. The summed E-state index contributed by atoms with van der Waals surface area (Å²) in [6.45, 7) is -20.6. The second-order valence-corrected chi connectivity index (χ2v) is 40.2. The molecule has 111 heavy (non-hydrogen) atoms. The first-order valence-electron chi connectivity index (χ1n) is 33.2. The Morgan fingerprint density at radius 1 is 0.568 bits per heavy atom. The van der Waals surface area contributed by atoms with Crippen molar-refractivity contribution in [3.8, 4) is 0 Å². The van der Waals surface area contributed by atoms with Crippen molar-refractivity contribution in [2.24, 2.45) is 0 Å². The Labute approximate surface area is 648 Å². The van der Waals surface area contributed by atoms with E-state index in [-0.39, 0.29) is 63.9 Å². The third kappa shape index (κ3) is 16.3. The Morgan fingerprint density at radius 3 is 1.60 bits per heavy atom. The molecule has 0 amide bonds. The second-order valence-electron chi connectivity index (χ2n) is 26.5. The Bertz CT molecular complexity index is 5450. The number of aliphatic hydroxyl groups excluding tert-OH is 1. The zero-order chi connectivity index (χ0) is 79.7. The average molecular weight is 1750 g/mol. The molecule has 7 aromatic heterocycles. The fraction of sp³-hybridized carbons (Fsp3) is 0.600. The Hall–Kier alpha value is -5.16. The number of rotatable bonds is 29. The fourth-order valence-electron chi connectivity index (χ4n) is 14.0. The molecular weight excluding hydrogens is 1680 g/mol. The molecule has 56 heteroatoms. The molecule has 0 aromatic carbocycles. The largest absolute Gasteiger partial charge is 0.780 e.